The first-order valence-electron chi connectivity index (χ1n) is 15.7. The summed E-state index contributed by atoms with van der Waals surface area (Å²) in [6, 6.07) is 17.9. The van der Waals surface area contributed by atoms with Gasteiger partial charge in [-0.3, -0.25) is 9.59 Å². The highest BCUT2D eigenvalue weighted by molar-refractivity contribution is 5.98. The topological polar surface area (TPSA) is 116 Å². The zero-order chi connectivity index (χ0) is 33.4. The SMILES string of the molecule is C=C1[C@@H](OC(=O)/C=C/c2ccccc2)CC[C@@]2(C)[C@@H](O)[C@H](OC(=O)c3ccccc3)C3=C(C)C(=O)C[C@@H]([C@@H](OC(C)=O)[C@H]12)C3(C)C. The highest BCUT2D eigenvalue weighted by atomic mass is 16.6. The van der Waals surface area contributed by atoms with E-state index in [-0.39, 0.29) is 12.2 Å². The molecule has 46 heavy (non-hydrogen) atoms. The lowest BCUT2D eigenvalue weighted by molar-refractivity contribution is -0.183. The summed E-state index contributed by atoms with van der Waals surface area (Å²) in [7, 11) is 0. The number of aliphatic hydroxyl groups is 1. The molecule has 0 spiro atoms. The van der Waals surface area contributed by atoms with Gasteiger partial charge >= 0.3 is 17.9 Å². The Hall–Kier alpha value is -4.30. The predicted molar refractivity (Wildman–Crippen MR) is 172 cm³/mol. The fraction of sp³-hybridized carbons (Fsp3) is 0.421. The fourth-order valence-electron chi connectivity index (χ4n) is 7.87. The quantitative estimate of drug-likeness (QED) is 0.178. The van der Waals surface area contributed by atoms with E-state index in [0.29, 0.717) is 35.1 Å². The van der Waals surface area contributed by atoms with Gasteiger partial charge in [0.15, 0.2) is 11.9 Å². The number of hydrogen-bond donors (Lipinski definition) is 1. The summed E-state index contributed by atoms with van der Waals surface area (Å²) in [6.45, 7) is 13.1. The third-order valence-corrected chi connectivity index (χ3v) is 10.3. The molecule has 3 aliphatic carbocycles. The van der Waals surface area contributed by atoms with E-state index >= 15 is 0 Å². The number of benzene rings is 2. The van der Waals surface area contributed by atoms with Crippen LogP contribution in [0.1, 0.15) is 69.8 Å². The third kappa shape index (κ3) is 6.10. The molecule has 242 valence electrons. The Morgan fingerprint density at radius 2 is 1.59 bits per heavy atom. The van der Waals surface area contributed by atoms with E-state index in [1.165, 1.54) is 13.0 Å². The number of carbonyl (C=O) groups excluding carboxylic acids is 4. The molecule has 7 atom stereocenters. The van der Waals surface area contributed by atoms with Crippen LogP contribution in [0.4, 0.5) is 0 Å². The molecular formula is C38H42O8. The van der Waals surface area contributed by atoms with Crippen molar-refractivity contribution in [2.45, 2.75) is 78.3 Å². The van der Waals surface area contributed by atoms with E-state index in [9.17, 15) is 24.3 Å². The lowest BCUT2D eigenvalue weighted by atomic mass is 9.49. The molecular weight excluding hydrogens is 584 g/mol. The molecule has 0 amide bonds. The van der Waals surface area contributed by atoms with Crippen LogP contribution in [0.15, 0.2) is 90.0 Å². The van der Waals surface area contributed by atoms with Crippen molar-refractivity contribution >= 4 is 29.8 Å². The van der Waals surface area contributed by atoms with Gasteiger partial charge < -0.3 is 19.3 Å². The Kier molecular flexibility index (Phi) is 9.23. The number of ether oxygens (including phenoxy) is 3. The molecule has 0 saturated heterocycles. The first kappa shape index (κ1) is 33.1. The number of fused-ring (bicyclic) bond motifs is 3. The molecule has 0 radical (unpaired) electrons. The Morgan fingerprint density at radius 3 is 2.22 bits per heavy atom. The minimum atomic E-state index is -1.31. The number of hydrogen-bond acceptors (Lipinski definition) is 8. The van der Waals surface area contributed by atoms with E-state index in [1.807, 2.05) is 51.1 Å². The molecule has 0 aromatic heterocycles. The van der Waals surface area contributed by atoms with Gasteiger partial charge in [-0.25, -0.2) is 9.59 Å². The molecule has 8 heteroatoms. The van der Waals surface area contributed by atoms with Crippen LogP contribution in [-0.4, -0.2) is 53.2 Å². The number of rotatable bonds is 6. The second-order valence-electron chi connectivity index (χ2n) is 13.5. The lowest BCUT2D eigenvalue weighted by Gasteiger charge is -2.58. The van der Waals surface area contributed by atoms with Gasteiger partial charge in [0.1, 0.15) is 18.3 Å². The summed E-state index contributed by atoms with van der Waals surface area (Å²) >= 11 is 0. The maximum absolute atomic E-state index is 13.6. The Labute approximate surface area is 270 Å². The first-order valence-corrected chi connectivity index (χ1v) is 15.7. The average molecular weight is 627 g/mol. The number of allylic oxidation sites excluding steroid dienone is 1. The molecule has 0 unspecified atom stereocenters. The van der Waals surface area contributed by atoms with Gasteiger partial charge in [-0.1, -0.05) is 75.9 Å². The second-order valence-corrected chi connectivity index (χ2v) is 13.5. The summed E-state index contributed by atoms with van der Waals surface area (Å²) in [4.78, 5) is 52.8. The number of Topliss-reactive ketones (excluding diaryl/α,β-unsaturated/α-hetero) is 1. The van der Waals surface area contributed by atoms with E-state index < -0.39 is 65.0 Å². The second kappa shape index (κ2) is 12.8. The zero-order valence-electron chi connectivity index (χ0n) is 27.0. The summed E-state index contributed by atoms with van der Waals surface area (Å²) in [5.74, 6) is -3.17. The average Bonchev–Trinajstić information content (AvgIpc) is 3.02. The predicted octanol–water partition coefficient (Wildman–Crippen LogP) is 6.05. The number of aliphatic hydroxyl groups excluding tert-OH is 1. The van der Waals surface area contributed by atoms with Gasteiger partial charge in [0, 0.05) is 36.7 Å². The molecule has 2 aromatic rings. The zero-order valence-corrected chi connectivity index (χ0v) is 27.0. The highest BCUT2D eigenvalue weighted by Gasteiger charge is 2.63. The van der Waals surface area contributed by atoms with Crippen LogP contribution in [0.25, 0.3) is 6.08 Å². The molecule has 1 N–H and O–H groups in total. The molecule has 2 aromatic carbocycles. The van der Waals surface area contributed by atoms with Crippen molar-refractivity contribution in [3.63, 3.8) is 0 Å². The van der Waals surface area contributed by atoms with Gasteiger partial charge in [-0.05, 0) is 65.7 Å². The van der Waals surface area contributed by atoms with Gasteiger partial charge in [-0.2, -0.15) is 0 Å². The molecule has 0 heterocycles. The molecule has 0 aliphatic heterocycles. The van der Waals surface area contributed by atoms with Gasteiger partial charge in [0.25, 0.3) is 0 Å². The molecule has 3 aliphatic rings. The minimum absolute atomic E-state index is 0.0832. The van der Waals surface area contributed by atoms with Crippen LogP contribution in [0.3, 0.4) is 0 Å². The monoisotopic (exact) mass is 626 g/mol. The Morgan fingerprint density at radius 1 is 0.957 bits per heavy atom. The smallest absolute Gasteiger partial charge is 0.338 e. The molecule has 5 rings (SSSR count). The van der Waals surface area contributed by atoms with Gasteiger partial charge in [0.2, 0.25) is 0 Å². The van der Waals surface area contributed by atoms with Crippen molar-refractivity contribution in [2.24, 2.45) is 22.7 Å². The van der Waals surface area contributed by atoms with E-state index in [2.05, 4.69) is 6.58 Å². The van der Waals surface area contributed by atoms with Crippen LogP contribution in [0.5, 0.6) is 0 Å². The maximum Gasteiger partial charge on any atom is 0.338 e. The fourth-order valence-corrected chi connectivity index (χ4v) is 7.87. The van der Waals surface area contributed by atoms with Gasteiger partial charge in [0.05, 0.1) is 5.56 Å². The van der Waals surface area contributed by atoms with E-state index in [1.54, 1.807) is 43.3 Å². The van der Waals surface area contributed by atoms with Crippen LogP contribution in [0.2, 0.25) is 0 Å². The third-order valence-electron chi connectivity index (χ3n) is 10.3. The Bertz CT molecular complexity index is 1590. The maximum atomic E-state index is 13.6. The van der Waals surface area contributed by atoms with E-state index in [0.717, 1.165) is 5.56 Å². The van der Waals surface area contributed by atoms with Crippen molar-refractivity contribution in [3.05, 3.63) is 101 Å². The number of ketones is 1. The first-order chi connectivity index (χ1) is 21.8. The van der Waals surface area contributed by atoms with Crippen molar-refractivity contribution in [3.8, 4) is 0 Å². The number of carbonyl (C=O) groups is 4. The standard InChI is InChI=1S/C38H42O8/c1-22-28(40)21-27-33(44-24(3)39)32-23(2)29(45-30(41)18-17-25-13-9-7-10-14-25)19-20-38(32,6)35(42)34(31(22)37(27,4)5)46-36(43)26-15-11-8-12-16-26/h7-18,27,29,32-35,42H,2,19-21H2,1,3-6H3/b18-17+/t27-,29-,32-,33+,34+,35-,38+/m0/s1. The van der Waals surface area contributed by atoms with Crippen molar-refractivity contribution in [1.82, 2.24) is 0 Å². The molecule has 2 saturated carbocycles. The van der Waals surface area contributed by atoms with Crippen LogP contribution >= 0.6 is 0 Å². The van der Waals surface area contributed by atoms with Crippen LogP contribution in [0, 0.1) is 22.7 Å². The lowest BCUT2D eigenvalue weighted by Crippen LogP contribution is -2.63. The van der Waals surface area contributed by atoms with Crippen molar-refractivity contribution in [2.75, 3.05) is 0 Å². The van der Waals surface area contributed by atoms with Gasteiger partial charge in [-0.15, -0.1) is 0 Å². The largest absolute Gasteiger partial charge is 0.462 e. The summed E-state index contributed by atoms with van der Waals surface area (Å²) in [6.07, 6.45) is -0.315. The normalized spacial score (nSPS) is 30.6. The molecule has 2 fully saturated rings. The number of esters is 3. The molecule has 2 bridgehead atoms. The minimum Gasteiger partial charge on any atom is -0.462 e. The van der Waals surface area contributed by atoms with E-state index in [4.69, 9.17) is 14.2 Å². The summed E-state index contributed by atoms with van der Waals surface area (Å²) in [5.41, 5.74) is 0.703. The Balaban J connectivity index is 1.57. The van der Waals surface area contributed by atoms with Crippen molar-refractivity contribution < 1.29 is 38.5 Å². The van der Waals surface area contributed by atoms with Crippen LogP contribution in [-0.2, 0) is 28.6 Å². The highest BCUT2D eigenvalue weighted by Crippen LogP contribution is 2.60. The molecule has 8 nitrogen and oxygen atoms in total. The summed E-state index contributed by atoms with van der Waals surface area (Å²) in [5, 5.41) is 12.4. The van der Waals surface area contributed by atoms with Crippen molar-refractivity contribution in [1.29, 1.82) is 0 Å². The summed E-state index contributed by atoms with van der Waals surface area (Å²) < 4.78 is 18.2. The van der Waals surface area contributed by atoms with Crippen LogP contribution < -0.4 is 0 Å².